The van der Waals surface area contributed by atoms with Crippen LogP contribution in [0.2, 0.25) is 0 Å². The Morgan fingerprint density at radius 1 is 1.00 bits per heavy atom. The molecule has 0 heterocycles. The zero-order valence-corrected chi connectivity index (χ0v) is 9.52. The maximum atomic E-state index is 13.7. The van der Waals surface area contributed by atoms with Gasteiger partial charge in [-0.05, 0) is 31.2 Å². The average molecular weight is 232 g/mol. The van der Waals surface area contributed by atoms with Gasteiger partial charge in [-0.3, -0.25) is 0 Å². The number of ether oxygens (including phenoxy) is 2. The summed E-state index contributed by atoms with van der Waals surface area (Å²) < 4.78 is 24.5. The second-order valence-electron chi connectivity index (χ2n) is 3.42. The van der Waals surface area contributed by atoms with Crippen LogP contribution in [0, 0.1) is 5.82 Å². The number of benzene rings is 2. The van der Waals surface area contributed by atoms with Crippen LogP contribution in [0.1, 0.15) is 6.92 Å². The molecule has 0 aliphatic carbocycles. The molecular weight excluding hydrogens is 219 g/mol. The molecule has 2 nitrogen and oxygen atoms in total. The van der Waals surface area contributed by atoms with E-state index in [1.54, 1.807) is 24.3 Å². The van der Waals surface area contributed by atoms with Crippen molar-refractivity contribution in [1.29, 1.82) is 0 Å². The molecular formula is C14H13FO2. The van der Waals surface area contributed by atoms with Gasteiger partial charge in [0.15, 0.2) is 11.6 Å². The third-order valence-corrected chi connectivity index (χ3v) is 2.19. The molecule has 0 amide bonds. The van der Waals surface area contributed by atoms with Crippen LogP contribution in [0.4, 0.5) is 4.39 Å². The molecule has 0 aliphatic rings. The molecule has 2 rings (SSSR count). The standard InChI is InChI=1S/C14H13FO2/c1-2-16-13-10-6-9-12(15)14(13)17-11-7-4-3-5-8-11/h3-10H,2H2,1H3. The smallest absolute Gasteiger partial charge is 0.204 e. The van der Waals surface area contributed by atoms with E-state index in [9.17, 15) is 4.39 Å². The molecule has 17 heavy (non-hydrogen) atoms. The van der Waals surface area contributed by atoms with Gasteiger partial charge in [-0.25, -0.2) is 4.39 Å². The number of rotatable bonds is 4. The van der Waals surface area contributed by atoms with Gasteiger partial charge < -0.3 is 9.47 Å². The van der Waals surface area contributed by atoms with Crippen LogP contribution in [0.25, 0.3) is 0 Å². The Bertz CT molecular complexity index is 483. The summed E-state index contributed by atoms with van der Waals surface area (Å²) in [6.07, 6.45) is 0. The molecule has 0 saturated heterocycles. The Hall–Kier alpha value is -2.03. The second kappa shape index (κ2) is 5.34. The first-order valence-corrected chi connectivity index (χ1v) is 5.45. The molecule has 0 saturated carbocycles. The zero-order chi connectivity index (χ0) is 12.1. The lowest BCUT2D eigenvalue weighted by Crippen LogP contribution is -1.96. The summed E-state index contributed by atoms with van der Waals surface area (Å²) >= 11 is 0. The van der Waals surface area contributed by atoms with Crippen molar-refractivity contribution in [3.8, 4) is 17.2 Å². The van der Waals surface area contributed by atoms with Gasteiger partial charge in [0.1, 0.15) is 5.75 Å². The van der Waals surface area contributed by atoms with Crippen molar-refractivity contribution < 1.29 is 13.9 Å². The van der Waals surface area contributed by atoms with Crippen LogP contribution >= 0.6 is 0 Å². The average Bonchev–Trinajstić information content (AvgIpc) is 2.35. The summed E-state index contributed by atoms with van der Waals surface area (Å²) in [6, 6.07) is 13.7. The van der Waals surface area contributed by atoms with Crippen LogP contribution in [-0.4, -0.2) is 6.61 Å². The molecule has 0 fully saturated rings. The van der Waals surface area contributed by atoms with E-state index in [-0.39, 0.29) is 5.75 Å². The van der Waals surface area contributed by atoms with E-state index in [4.69, 9.17) is 9.47 Å². The lowest BCUT2D eigenvalue weighted by atomic mass is 10.3. The van der Waals surface area contributed by atoms with E-state index < -0.39 is 5.82 Å². The van der Waals surface area contributed by atoms with Crippen LogP contribution in [0.5, 0.6) is 17.2 Å². The summed E-state index contributed by atoms with van der Waals surface area (Å²) in [4.78, 5) is 0. The van der Waals surface area contributed by atoms with Crippen molar-refractivity contribution in [2.45, 2.75) is 6.92 Å². The Labute approximate surface area is 99.6 Å². The Balaban J connectivity index is 2.31. The van der Waals surface area contributed by atoms with Gasteiger partial charge in [0.25, 0.3) is 0 Å². The van der Waals surface area contributed by atoms with E-state index in [2.05, 4.69) is 0 Å². The van der Waals surface area contributed by atoms with E-state index in [1.165, 1.54) is 6.07 Å². The largest absolute Gasteiger partial charge is 0.490 e. The SMILES string of the molecule is CCOc1cccc(F)c1Oc1ccccc1. The lowest BCUT2D eigenvalue weighted by Gasteiger charge is -2.11. The summed E-state index contributed by atoms with van der Waals surface area (Å²) in [5, 5.41) is 0. The minimum absolute atomic E-state index is 0.126. The third kappa shape index (κ3) is 2.75. The van der Waals surface area contributed by atoms with Crippen LogP contribution in [-0.2, 0) is 0 Å². The van der Waals surface area contributed by atoms with E-state index in [0.29, 0.717) is 18.1 Å². The van der Waals surface area contributed by atoms with Gasteiger partial charge in [0, 0.05) is 0 Å². The van der Waals surface area contributed by atoms with Crippen LogP contribution < -0.4 is 9.47 Å². The van der Waals surface area contributed by atoms with Crippen molar-refractivity contribution in [3.63, 3.8) is 0 Å². The van der Waals surface area contributed by atoms with Gasteiger partial charge in [0.05, 0.1) is 6.61 Å². The highest BCUT2D eigenvalue weighted by molar-refractivity contribution is 5.43. The highest BCUT2D eigenvalue weighted by Gasteiger charge is 2.11. The summed E-state index contributed by atoms with van der Waals surface area (Å²) in [7, 11) is 0. The number of hydrogen-bond donors (Lipinski definition) is 0. The van der Waals surface area contributed by atoms with Crippen LogP contribution in [0.3, 0.4) is 0 Å². The summed E-state index contributed by atoms with van der Waals surface area (Å²) in [5.41, 5.74) is 0. The lowest BCUT2D eigenvalue weighted by molar-refractivity contribution is 0.314. The Morgan fingerprint density at radius 2 is 1.76 bits per heavy atom. The molecule has 0 radical (unpaired) electrons. The van der Waals surface area contributed by atoms with E-state index in [0.717, 1.165) is 0 Å². The first kappa shape index (κ1) is 11.5. The van der Waals surface area contributed by atoms with Crippen molar-refractivity contribution in [1.82, 2.24) is 0 Å². The van der Waals surface area contributed by atoms with E-state index in [1.807, 2.05) is 25.1 Å². The number of hydrogen-bond acceptors (Lipinski definition) is 2. The fraction of sp³-hybridized carbons (Fsp3) is 0.143. The quantitative estimate of drug-likeness (QED) is 0.792. The van der Waals surface area contributed by atoms with Gasteiger partial charge in [0.2, 0.25) is 5.75 Å². The van der Waals surface area contributed by atoms with Crippen molar-refractivity contribution in [2.75, 3.05) is 6.61 Å². The van der Waals surface area contributed by atoms with Gasteiger partial charge in [-0.15, -0.1) is 0 Å². The molecule has 2 aromatic rings. The molecule has 0 N–H and O–H groups in total. The van der Waals surface area contributed by atoms with Crippen molar-refractivity contribution in [3.05, 3.63) is 54.3 Å². The fourth-order valence-corrected chi connectivity index (χ4v) is 1.46. The maximum absolute atomic E-state index is 13.7. The summed E-state index contributed by atoms with van der Waals surface area (Å²) in [6.45, 7) is 2.31. The Morgan fingerprint density at radius 3 is 2.47 bits per heavy atom. The predicted molar refractivity (Wildman–Crippen MR) is 64.1 cm³/mol. The molecule has 0 unspecified atom stereocenters. The first-order valence-electron chi connectivity index (χ1n) is 5.45. The zero-order valence-electron chi connectivity index (χ0n) is 9.52. The maximum Gasteiger partial charge on any atom is 0.204 e. The predicted octanol–water partition coefficient (Wildman–Crippen LogP) is 4.02. The number of para-hydroxylation sites is 2. The Kier molecular flexibility index (Phi) is 3.60. The highest BCUT2D eigenvalue weighted by atomic mass is 19.1. The molecule has 2 aromatic carbocycles. The summed E-state index contributed by atoms with van der Waals surface area (Å²) in [5.74, 6) is 0.690. The topological polar surface area (TPSA) is 18.5 Å². The number of halogens is 1. The molecule has 0 atom stereocenters. The van der Waals surface area contributed by atoms with E-state index >= 15 is 0 Å². The minimum atomic E-state index is -0.431. The van der Waals surface area contributed by atoms with Gasteiger partial charge in [-0.1, -0.05) is 24.3 Å². The molecule has 0 spiro atoms. The highest BCUT2D eigenvalue weighted by Crippen LogP contribution is 2.33. The molecule has 88 valence electrons. The van der Waals surface area contributed by atoms with Gasteiger partial charge in [-0.2, -0.15) is 0 Å². The minimum Gasteiger partial charge on any atom is -0.490 e. The monoisotopic (exact) mass is 232 g/mol. The van der Waals surface area contributed by atoms with Crippen molar-refractivity contribution >= 4 is 0 Å². The molecule has 0 bridgehead atoms. The second-order valence-corrected chi connectivity index (χ2v) is 3.42. The normalized spacial score (nSPS) is 10.0. The third-order valence-electron chi connectivity index (χ3n) is 2.19. The molecule has 0 aromatic heterocycles. The van der Waals surface area contributed by atoms with Crippen LogP contribution in [0.15, 0.2) is 48.5 Å². The van der Waals surface area contributed by atoms with Crippen molar-refractivity contribution in [2.24, 2.45) is 0 Å². The van der Waals surface area contributed by atoms with Gasteiger partial charge >= 0.3 is 0 Å². The first-order chi connectivity index (χ1) is 8.31. The molecule has 3 heteroatoms. The molecule has 0 aliphatic heterocycles. The fourth-order valence-electron chi connectivity index (χ4n) is 1.46.